The van der Waals surface area contributed by atoms with Crippen molar-refractivity contribution in [1.29, 1.82) is 0 Å². The number of benzene rings is 2. The van der Waals surface area contributed by atoms with Gasteiger partial charge in [0.2, 0.25) is 0 Å². The molecule has 3 aromatic rings. The highest BCUT2D eigenvalue weighted by atomic mass is 32.2. The normalized spacial score (nSPS) is 11.4. The van der Waals surface area contributed by atoms with Gasteiger partial charge >= 0.3 is 0 Å². The maximum Gasteiger partial charge on any atom is 0.271 e. The lowest BCUT2D eigenvalue weighted by Gasteiger charge is -2.11. The molecule has 0 radical (unpaired) electrons. The highest BCUT2D eigenvalue weighted by molar-refractivity contribution is 7.94. The summed E-state index contributed by atoms with van der Waals surface area (Å²) in [6.07, 6.45) is 0.151. The summed E-state index contributed by atoms with van der Waals surface area (Å²) in [5, 5.41) is 4.57. The van der Waals surface area contributed by atoms with Crippen LogP contribution in [-0.4, -0.2) is 20.4 Å². The van der Waals surface area contributed by atoms with E-state index in [-0.39, 0.29) is 16.2 Å². The van der Waals surface area contributed by atoms with Crippen LogP contribution in [0, 0.1) is 0 Å². The van der Waals surface area contributed by atoms with Crippen molar-refractivity contribution < 1.29 is 17.9 Å². The van der Waals surface area contributed by atoms with Crippen molar-refractivity contribution in [2.75, 3.05) is 4.72 Å². The van der Waals surface area contributed by atoms with E-state index in [0.717, 1.165) is 22.5 Å². The molecule has 0 saturated carbocycles. The topological polar surface area (TPSA) is 84.5 Å². The minimum absolute atomic E-state index is 0.151. The van der Waals surface area contributed by atoms with Crippen molar-refractivity contribution in [3.05, 3.63) is 82.7 Å². The monoisotopic (exact) mass is 444 g/mol. The Morgan fingerprint density at radius 2 is 1.80 bits per heavy atom. The predicted molar refractivity (Wildman–Crippen MR) is 119 cm³/mol. The number of ether oxygens (including phenoxy) is 1. The molecule has 0 aliphatic rings. The Hall–Kier alpha value is -2.68. The molecule has 0 spiro atoms. The van der Waals surface area contributed by atoms with Crippen molar-refractivity contribution in [1.82, 2.24) is 5.32 Å². The summed E-state index contributed by atoms with van der Waals surface area (Å²) < 4.78 is 33.1. The Balaban J connectivity index is 1.62. The molecular weight excluding hydrogens is 420 g/mol. The van der Waals surface area contributed by atoms with Gasteiger partial charge in [0.05, 0.1) is 12.7 Å². The van der Waals surface area contributed by atoms with Crippen LogP contribution in [-0.2, 0) is 27.9 Å². The van der Waals surface area contributed by atoms with Gasteiger partial charge < -0.3 is 10.1 Å². The second-order valence-electron chi connectivity index (χ2n) is 6.98. The minimum Gasteiger partial charge on any atom is -0.374 e. The second kappa shape index (κ2) is 9.88. The lowest BCUT2D eigenvalue weighted by molar-refractivity contribution is 0.0657. The fraction of sp³-hybridized carbons (Fsp3) is 0.227. The van der Waals surface area contributed by atoms with E-state index in [2.05, 4.69) is 10.0 Å². The summed E-state index contributed by atoms with van der Waals surface area (Å²) in [5.74, 6) is -0.281. The maximum absolute atomic E-state index is 12.6. The zero-order valence-electron chi connectivity index (χ0n) is 16.8. The molecule has 2 N–H and O–H groups in total. The first-order valence-electron chi connectivity index (χ1n) is 9.47. The minimum atomic E-state index is -3.66. The third-order valence-electron chi connectivity index (χ3n) is 4.16. The van der Waals surface area contributed by atoms with Crippen LogP contribution in [0.4, 0.5) is 5.69 Å². The molecule has 30 heavy (non-hydrogen) atoms. The third-order valence-corrected chi connectivity index (χ3v) is 6.94. The van der Waals surface area contributed by atoms with Crippen LogP contribution in [0.3, 0.4) is 0 Å². The Morgan fingerprint density at radius 1 is 1.03 bits per heavy atom. The molecule has 0 saturated heterocycles. The van der Waals surface area contributed by atoms with Crippen LogP contribution < -0.4 is 10.0 Å². The van der Waals surface area contributed by atoms with Gasteiger partial charge in [0.25, 0.3) is 15.9 Å². The molecule has 0 bridgehead atoms. The van der Waals surface area contributed by atoms with Crippen molar-refractivity contribution in [2.24, 2.45) is 0 Å². The van der Waals surface area contributed by atoms with Crippen molar-refractivity contribution in [3.8, 4) is 0 Å². The number of thiophene rings is 1. The van der Waals surface area contributed by atoms with Crippen LogP contribution in [0.2, 0.25) is 0 Å². The third kappa shape index (κ3) is 6.16. The van der Waals surface area contributed by atoms with Gasteiger partial charge in [0.1, 0.15) is 4.21 Å². The van der Waals surface area contributed by atoms with Gasteiger partial charge in [-0.05, 0) is 54.6 Å². The first-order chi connectivity index (χ1) is 14.3. The first-order valence-corrected chi connectivity index (χ1v) is 11.8. The average molecular weight is 445 g/mol. The zero-order valence-corrected chi connectivity index (χ0v) is 18.4. The average Bonchev–Trinajstić information content (AvgIpc) is 3.27. The van der Waals surface area contributed by atoms with Crippen molar-refractivity contribution >= 4 is 33.0 Å². The number of amides is 1. The Kier molecular flexibility index (Phi) is 7.25. The number of carbonyl (C=O) groups excluding carboxylic acids is 1. The van der Waals surface area contributed by atoms with Gasteiger partial charge in [-0.3, -0.25) is 9.52 Å². The van der Waals surface area contributed by atoms with Crippen LogP contribution in [0.5, 0.6) is 0 Å². The zero-order chi connectivity index (χ0) is 21.6. The van der Waals surface area contributed by atoms with E-state index < -0.39 is 10.0 Å². The first kappa shape index (κ1) is 22.0. The number of hydrogen-bond donors (Lipinski definition) is 2. The van der Waals surface area contributed by atoms with E-state index in [0.29, 0.717) is 24.4 Å². The molecule has 1 amide bonds. The predicted octanol–water partition coefficient (Wildman–Crippen LogP) is 4.40. The van der Waals surface area contributed by atoms with Crippen molar-refractivity contribution in [3.63, 3.8) is 0 Å². The Bertz CT molecular complexity index is 1090. The van der Waals surface area contributed by atoms with Gasteiger partial charge in [0, 0.05) is 17.8 Å². The fourth-order valence-corrected chi connectivity index (χ4v) is 4.76. The molecule has 158 valence electrons. The fourth-order valence-electron chi connectivity index (χ4n) is 2.72. The molecule has 0 aliphatic carbocycles. The molecular formula is C22H24N2O4S2. The number of sulfonamides is 1. The standard InChI is InChI=1S/C22H24N2O4S2/c1-16(2)28-15-18-7-3-6-17(12-18)14-23-22(25)19-8-4-9-20(13-19)24-30(26,27)21-10-5-11-29-21/h3-13,16,24H,14-15H2,1-2H3,(H,23,25). The number of rotatable bonds is 9. The smallest absolute Gasteiger partial charge is 0.271 e. The quantitative estimate of drug-likeness (QED) is 0.512. The van der Waals surface area contributed by atoms with Gasteiger partial charge in [0.15, 0.2) is 0 Å². The van der Waals surface area contributed by atoms with E-state index >= 15 is 0 Å². The van der Waals surface area contributed by atoms with Crippen molar-refractivity contribution in [2.45, 2.75) is 37.3 Å². The lowest BCUT2D eigenvalue weighted by Crippen LogP contribution is -2.23. The molecule has 8 heteroatoms. The molecule has 3 rings (SSSR count). The summed E-state index contributed by atoms with van der Waals surface area (Å²) in [4.78, 5) is 12.6. The number of nitrogens with one attached hydrogen (secondary N) is 2. The molecule has 1 aromatic heterocycles. The summed E-state index contributed by atoms with van der Waals surface area (Å²) in [6.45, 7) is 4.85. The Labute approximate surface area is 181 Å². The molecule has 0 aliphatic heterocycles. The number of carbonyl (C=O) groups is 1. The lowest BCUT2D eigenvalue weighted by atomic mass is 10.1. The molecule has 2 aromatic carbocycles. The molecule has 0 fully saturated rings. The Morgan fingerprint density at radius 3 is 2.53 bits per heavy atom. The number of hydrogen-bond acceptors (Lipinski definition) is 5. The highest BCUT2D eigenvalue weighted by Crippen LogP contribution is 2.21. The summed E-state index contributed by atoms with van der Waals surface area (Å²) in [6, 6.07) is 17.5. The van der Waals surface area contributed by atoms with Gasteiger partial charge in [-0.25, -0.2) is 8.42 Å². The summed E-state index contributed by atoms with van der Waals surface area (Å²) >= 11 is 1.13. The molecule has 1 heterocycles. The van der Waals surface area contributed by atoms with Gasteiger partial charge in [-0.1, -0.05) is 36.4 Å². The van der Waals surface area contributed by atoms with E-state index in [1.807, 2.05) is 38.1 Å². The van der Waals surface area contributed by atoms with Crippen LogP contribution in [0.15, 0.2) is 70.3 Å². The summed E-state index contributed by atoms with van der Waals surface area (Å²) in [7, 11) is -3.66. The molecule has 0 atom stereocenters. The van der Waals surface area contributed by atoms with E-state index in [1.165, 1.54) is 12.1 Å². The number of anilines is 1. The highest BCUT2D eigenvalue weighted by Gasteiger charge is 2.16. The maximum atomic E-state index is 12.6. The van der Waals surface area contributed by atoms with E-state index in [4.69, 9.17) is 4.74 Å². The summed E-state index contributed by atoms with van der Waals surface area (Å²) in [5.41, 5.74) is 2.72. The van der Waals surface area contributed by atoms with Crippen LogP contribution in [0.1, 0.15) is 35.3 Å². The molecule has 6 nitrogen and oxygen atoms in total. The van der Waals surface area contributed by atoms with Crippen LogP contribution in [0.25, 0.3) is 0 Å². The molecule has 0 unspecified atom stereocenters. The largest absolute Gasteiger partial charge is 0.374 e. The van der Waals surface area contributed by atoms with E-state index in [1.54, 1.807) is 29.6 Å². The SMILES string of the molecule is CC(C)OCc1cccc(CNC(=O)c2cccc(NS(=O)(=O)c3cccs3)c2)c1. The van der Waals surface area contributed by atoms with Gasteiger partial charge in [-0.15, -0.1) is 11.3 Å². The van der Waals surface area contributed by atoms with Gasteiger partial charge in [-0.2, -0.15) is 0 Å². The van der Waals surface area contributed by atoms with Crippen LogP contribution >= 0.6 is 11.3 Å². The second-order valence-corrected chi connectivity index (χ2v) is 9.84. The van der Waals surface area contributed by atoms with E-state index in [9.17, 15) is 13.2 Å².